The lowest BCUT2D eigenvalue weighted by Gasteiger charge is -2.18. The van der Waals surface area contributed by atoms with Crippen LogP contribution in [0.25, 0.3) is 0 Å². The Morgan fingerprint density at radius 2 is 1.62 bits per heavy atom. The lowest BCUT2D eigenvalue weighted by molar-refractivity contribution is 0.222. The average molecular weight is 232 g/mol. The smallest absolute Gasteiger partial charge is 0.309 e. The van der Waals surface area contributed by atoms with Crippen molar-refractivity contribution in [1.29, 1.82) is 0 Å². The third-order valence-electron chi connectivity index (χ3n) is 1.12. The van der Waals surface area contributed by atoms with Crippen molar-refractivity contribution in [2.45, 2.75) is 20.4 Å². The zero-order valence-corrected chi connectivity index (χ0v) is 9.94. The van der Waals surface area contributed by atoms with Gasteiger partial charge in [-0.25, -0.2) is 0 Å². The van der Waals surface area contributed by atoms with Crippen LogP contribution in [0.1, 0.15) is 13.8 Å². The summed E-state index contributed by atoms with van der Waals surface area (Å²) >= 11 is 0. The summed E-state index contributed by atoms with van der Waals surface area (Å²) in [6.45, 7) is 4.28. The summed E-state index contributed by atoms with van der Waals surface area (Å²) < 4.78 is 46.3. The Morgan fingerprint density at radius 3 is 1.85 bits per heavy atom. The van der Waals surface area contributed by atoms with Crippen LogP contribution >= 0.6 is 7.60 Å². The SMILES string of the molecule is CCOP(=O)(C[Si](C)(F)F)OCC. The van der Waals surface area contributed by atoms with Crippen molar-refractivity contribution in [3.8, 4) is 0 Å². The van der Waals surface area contributed by atoms with Crippen LogP contribution in [0, 0.1) is 0 Å². The van der Waals surface area contributed by atoms with Crippen molar-refractivity contribution < 1.29 is 21.8 Å². The molecule has 0 spiro atoms. The van der Waals surface area contributed by atoms with Gasteiger partial charge in [0.15, 0.2) is 0 Å². The third-order valence-corrected chi connectivity index (χ3v) is 6.20. The number of hydrogen-bond acceptors (Lipinski definition) is 3. The van der Waals surface area contributed by atoms with Crippen molar-refractivity contribution in [1.82, 2.24) is 0 Å². The second kappa shape index (κ2) is 5.19. The monoisotopic (exact) mass is 232 g/mol. The van der Waals surface area contributed by atoms with Crippen molar-refractivity contribution >= 4 is 16.3 Å². The number of hydrogen-bond donors (Lipinski definition) is 0. The molecule has 0 heterocycles. The molecule has 0 aromatic rings. The van der Waals surface area contributed by atoms with Gasteiger partial charge in [0.25, 0.3) is 0 Å². The Morgan fingerprint density at radius 1 is 1.23 bits per heavy atom. The van der Waals surface area contributed by atoms with Crippen molar-refractivity contribution in [2.24, 2.45) is 0 Å². The maximum atomic E-state index is 12.7. The van der Waals surface area contributed by atoms with Gasteiger partial charge in [-0.3, -0.25) is 12.8 Å². The molecule has 0 saturated heterocycles. The van der Waals surface area contributed by atoms with E-state index in [9.17, 15) is 12.8 Å². The summed E-state index contributed by atoms with van der Waals surface area (Å²) in [5.41, 5.74) is 0. The zero-order valence-electron chi connectivity index (χ0n) is 8.05. The molecule has 0 saturated carbocycles. The highest BCUT2D eigenvalue weighted by atomic mass is 31.2. The molecular formula is C6H15F2O3PSi. The van der Waals surface area contributed by atoms with E-state index in [0.717, 1.165) is 6.55 Å². The molecule has 0 unspecified atom stereocenters. The van der Waals surface area contributed by atoms with Crippen LogP contribution in [0.4, 0.5) is 8.22 Å². The molecule has 0 amide bonds. The topological polar surface area (TPSA) is 35.5 Å². The van der Waals surface area contributed by atoms with Gasteiger partial charge in [0, 0.05) is 0 Å². The molecule has 0 fully saturated rings. The third kappa shape index (κ3) is 6.32. The lowest BCUT2D eigenvalue weighted by Crippen LogP contribution is -2.24. The first-order valence-corrected chi connectivity index (χ1v) is 8.28. The fourth-order valence-corrected chi connectivity index (χ4v) is 5.17. The first kappa shape index (κ1) is 13.2. The predicted octanol–water partition coefficient (Wildman–Crippen LogP) is 2.80. The van der Waals surface area contributed by atoms with Crippen molar-refractivity contribution in [3.63, 3.8) is 0 Å². The predicted molar refractivity (Wildman–Crippen MR) is 49.6 cm³/mol. The number of halogens is 2. The summed E-state index contributed by atoms with van der Waals surface area (Å²) in [4.78, 5) is 0. The molecule has 80 valence electrons. The Balaban J connectivity index is 4.33. The minimum absolute atomic E-state index is 0.127. The molecule has 0 aliphatic rings. The van der Waals surface area contributed by atoms with Gasteiger partial charge in [0.1, 0.15) is 5.79 Å². The molecule has 0 N–H and O–H groups in total. The Bertz CT molecular complexity index is 185. The second-order valence-electron chi connectivity index (χ2n) is 2.67. The molecule has 0 aromatic carbocycles. The molecule has 0 aliphatic carbocycles. The van der Waals surface area contributed by atoms with Crippen LogP contribution in [0.15, 0.2) is 0 Å². The van der Waals surface area contributed by atoms with E-state index in [0.29, 0.717) is 0 Å². The van der Waals surface area contributed by atoms with Gasteiger partial charge < -0.3 is 9.05 Å². The van der Waals surface area contributed by atoms with E-state index in [-0.39, 0.29) is 13.2 Å². The van der Waals surface area contributed by atoms with Gasteiger partial charge in [-0.1, -0.05) is 0 Å². The van der Waals surface area contributed by atoms with Crippen LogP contribution in [0.2, 0.25) is 6.55 Å². The first-order valence-electron chi connectivity index (χ1n) is 4.09. The Labute approximate surface area is 78.3 Å². The fraction of sp³-hybridized carbons (Fsp3) is 1.00. The van der Waals surface area contributed by atoms with E-state index in [2.05, 4.69) is 0 Å². The highest BCUT2D eigenvalue weighted by molar-refractivity contribution is 7.56. The minimum atomic E-state index is -4.38. The van der Waals surface area contributed by atoms with E-state index >= 15 is 0 Å². The van der Waals surface area contributed by atoms with Crippen molar-refractivity contribution in [3.05, 3.63) is 0 Å². The van der Waals surface area contributed by atoms with Gasteiger partial charge in [0.05, 0.1) is 13.2 Å². The molecule has 0 atom stereocenters. The van der Waals surface area contributed by atoms with Crippen LogP contribution in [0.5, 0.6) is 0 Å². The van der Waals surface area contributed by atoms with E-state index in [1.165, 1.54) is 0 Å². The van der Waals surface area contributed by atoms with Crippen molar-refractivity contribution in [2.75, 3.05) is 19.0 Å². The molecule has 0 aliphatic heterocycles. The van der Waals surface area contributed by atoms with E-state index in [1.54, 1.807) is 13.8 Å². The molecule has 0 aromatic heterocycles. The summed E-state index contributed by atoms with van der Waals surface area (Å²) in [5.74, 6) is -0.721. The highest BCUT2D eigenvalue weighted by Crippen LogP contribution is 2.50. The first-order chi connectivity index (χ1) is 5.83. The Hall–Kier alpha value is 0.227. The number of rotatable bonds is 6. The molecule has 13 heavy (non-hydrogen) atoms. The molecule has 0 bridgehead atoms. The molecular weight excluding hydrogens is 217 g/mol. The van der Waals surface area contributed by atoms with Gasteiger partial charge in [-0.05, 0) is 20.4 Å². The van der Waals surface area contributed by atoms with Gasteiger partial charge in [-0.15, -0.1) is 0 Å². The minimum Gasteiger partial charge on any atom is -0.309 e. The Kier molecular flexibility index (Phi) is 5.28. The fourth-order valence-electron chi connectivity index (χ4n) is 0.862. The van der Waals surface area contributed by atoms with E-state index in [1.807, 2.05) is 0 Å². The highest BCUT2D eigenvalue weighted by Gasteiger charge is 2.40. The largest absolute Gasteiger partial charge is 0.433 e. The standard InChI is InChI=1S/C6H15F2O3PSi/c1-4-10-12(9,11-5-2)6-13(3,7)8/h4-6H2,1-3H3. The quantitative estimate of drug-likeness (QED) is 0.401. The van der Waals surface area contributed by atoms with Crippen LogP contribution in [-0.4, -0.2) is 27.7 Å². The molecule has 0 rings (SSSR count). The molecule has 7 heteroatoms. The van der Waals surface area contributed by atoms with Gasteiger partial charge >= 0.3 is 16.3 Å². The average Bonchev–Trinajstić information content (AvgIpc) is 1.82. The van der Waals surface area contributed by atoms with E-state index in [4.69, 9.17) is 9.05 Å². The summed E-state index contributed by atoms with van der Waals surface area (Å²) in [6, 6.07) is 0. The van der Waals surface area contributed by atoms with Crippen LogP contribution in [-0.2, 0) is 13.6 Å². The maximum absolute atomic E-state index is 12.7. The van der Waals surface area contributed by atoms with E-state index < -0.39 is 22.1 Å². The summed E-state index contributed by atoms with van der Waals surface area (Å²) in [7, 11) is -7.91. The molecule has 0 radical (unpaired) electrons. The molecule has 3 nitrogen and oxygen atoms in total. The van der Waals surface area contributed by atoms with Crippen LogP contribution < -0.4 is 0 Å². The lowest BCUT2D eigenvalue weighted by atomic mass is 10.9. The summed E-state index contributed by atoms with van der Waals surface area (Å²) in [5, 5.41) is 0. The maximum Gasteiger partial charge on any atom is 0.433 e. The van der Waals surface area contributed by atoms with Gasteiger partial charge in [-0.2, -0.15) is 0 Å². The normalized spacial score (nSPS) is 13.3. The van der Waals surface area contributed by atoms with Gasteiger partial charge in [0.2, 0.25) is 0 Å². The zero-order chi connectivity index (χ0) is 10.5. The second-order valence-corrected chi connectivity index (χ2v) is 7.82. The summed E-state index contributed by atoms with van der Waals surface area (Å²) in [6.07, 6.45) is 0. The van der Waals surface area contributed by atoms with Crippen LogP contribution in [0.3, 0.4) is 0 Å².